The summed E-state index contributed by atoms with van der Waals surface area (Å²) in [6.07, 6.45) is -4.57. The fourth-order valence-electron chi connectivity index (χ4n) is 5.16. The molecule has 1 fully saturated rings. The van der Waals surface area contributed by atoms with E-state index < -0.39 is 23.0 Å². The number of aryl methyl sites for hydroxylation is 1. The number of piperazine rings is 1. The van der Waals surface area contributed by atoms with E-state index in [0.29, 0.717) is 46.7 Å². The predicted octanol–water partition coefficient (Wildman–Crippen LogP) is 5.11. The number of alkyl halides is 3. The molecule has 4 heterocycles. The van der Waals surface area contributed by atoms with Crippen LogP contribution in [-0.2, 0) is 13.2 Å². The van der Waals surface area contributed by atoms with Crippen molar-refractivity contribution in [1.82, 2.24) is 19.4 Å². The van der Waals surface area contributed by atoms with Crippen molar-refractivity contribution in [1.29, 1.82) is 5.26 Å². The maximum absolute atomic E-state index is 13.7. The maximum Gasteiger partial charge on any atom is 0.443 e. The first-order valence-corrected chi connectivity index (χ1v) is 13.1. The maximum atomic E-state index is 13.7. The number of hydrogen-bond acceptors (Lipinski definition) is 7. The smallest absolute Gasteiger partial charge is 0.364 e. The summed E-state index contributed by atoms with van der Waals surface area (Å²) in [5.74, 6) is -0.445. The van der Waals surface area contributed by atoms with Crippen molar-refractivity contribution in [2.24, 2.45) is 7.05 Å². The van der Waals surface area contributed by atoms with Crippen molar-refractivity contribution >= 4 is 28.1 Å². The molecule has 202 valence electrons. The summed E-state index contributed by atoms with van der Waals surface area (Å²) in [7, 11) is 1.64. The second-order valence-electron chi connectivity index (χ2n) is 9.68. The summed E-state index contributed by atoms with van der Waals surface area (Å²) in [4.78, 5) is 25.3. The normalized spacial score (nSPS) is 19.3. The summed E-state index contributed by atoms with van der Waals surface area (Å²) >= 11 is 0.535. The van der Waals surface area contributed by atoms with Gasteiger partial charge in [-0.05, 0) is 43.7 Å². The minimum Gasteiger partial charge on any atom is -0.364 e. The predicted molar refractivity (Wildman–Crippen MR) is 140 cm³/mol. The van der Waals surface area contributed by atoms with Gasteiger partial charge in [0.2, 0.25) is 0 Å². The largest absolute Gasteiger partial charge is 0.443 e. The molecule has 0 radical (unpaired) electrons. The minimum atomic E-state index is -4.57. The molecule has 4 aromatic rings. The van der Waals surface area contributed by atoms with Gasteiger partial charge in [0, 0.05) is 43.7 Å². The van der Waals surface area contributed by atoms with E-state index in [2.05, 4.69) is 14.9 Å². The second-order valence-corrected chi connectivity index (χ2v) is 10.5. The first-order valence-electron chi connectivity index (χ1n) is 12.2. The van der Waals surface area contributed by atoms with Crippen LogP contribution in [0.3, 0.4) is 0 Å². The van der Waals surface area contributed by atoms with Crippen LogP contribution in [0.15, 0.2) is 52.6 Å². The molecule has 12 heteroatoms. The lowest BCUT2D eigenvalue weighted by Gasteiger charge is -2.48. The van der Waals surface area contributed by atoms with E-state index in [1.54, 1.807) is 31.3 Å². The van der Waals surface area contributed by atoms with Crippen LogP contribution in [0.2, 0.25) is 0 Å². The van der Waals surface area contributed by atoms with Crippen LogP contribution in [0, 0.1) is 17.1 Å². The average Bonchev–Trinajstić information content (AvgIpc) is 3.40. The molecule has 5 rings (SSSR count). The van der Waals surface area contributed by atoms with Gasteiger partial charge in [-0.25, -0.2) is 14.4 Å². The van der Waals surface area contributed by atoms with Gasteiger partial charge in [-0.2, -0.15) is 18.4 Å². The number of rotatable bonds is 4. The third-order valence-electron chi connectivity index (χ3n) is 7.09. The van der Waals surface area contributed by atoms with Crippen LogP contribution in [-0.4, -0.2) is 44.6 Å². The van der Waals surface area contributed by atoms with Crippen molar-refractivity contribution in [3.8, 4) is 6.07 Å². The van der Waals surface area contributed by atoms with Gasteiger partial charge in [0.15, 0.2) is 5.01 Å². The van der Waals surface area contributed by atoms with E-state index in [-0.39, 0.29) is 29.0 Å². The summed E-state index contributed by atoms with van der Waals surface area (Å²) in [5.41, 5.74) is 2.57. The number of halogens is 4. The number of aromatic nitrogens is 3. The van der Waals surface area contributed by atoms with Crippen LogP contribution < -0.4 is 10.5 Å². The van der Waals surface area contributed by atoms with Crippen molar-refractivity contribution < 1.29 is 17.6 Å². The molecular formula is C27H24F4N6OS. The molecule has 1 aliphatic rings. The zero-order valence-electron chi connectivity index (χ0n) is 21.3. The zero-order valence-corrected chi connectivity index (χ0v) is 22.1. The van der Waals surface area contributed by atoms with E-state index in [1.807, 2.05) is 24.8 Å². The van der Waals surface area contributed by atoms with E-state index >= 15 is 0 Å². The van der Waals surface area contributed by atoms with Crippen LogP contribution in [0.4, 0.5) is 23.2 Å². The highest BCUT2D eigenvalue weighted by atomic mass is 32.1. The Labute approximate surface area is 225 Å². The summed E-state index contributed by atoms with van der Waals surface area (Å²) in [5, 5.41) is 9.87. The van der Waals surface area contributed by atoms with Gasteiger partial charge in [-0.1, -0.05) is 12.1 Å². The molecule has 3 aromatic heterocycles. The summed E-state index contributed by atoms with van der Waals surface area (Å²) < 4.78 is 55.4. The number of anilines is 1. The summed E-state index contributed by atoms with van der Waals surface area (Å²) in [6, 6.07) is 11.5. The Morgan fingerprint density at radius 2 is 1.79 bits per heavy atom. The Morgan fingerprint density at radius 3 is 2.44 bits per heavy atom. The Bertz CT molecular complexity index is 1620. The molecule has 7 nitrogen and oxygen atoms in total. The molecule has 1 unspecified atom stereocenters. The Balaban J connectivity index is 1.55. The molecule has 1 aromatic carbocycles. The first-order chi connectivity index (χ1) is 18.5. The molecule has 1 aliphatic heterocycles. The highest BCUT2D eigenvalue weighted by Gasteiger charge is 2.39. The average molecular weight is 557 g/mol. The van der Waals surface area contributed by atoms with E-state index in [9.17, 15) is 27.6 Å². The number of nitriles is 1. The zero-order chi connectivity index (χ0) is 28.1. The van der Waals surface area contributed by atoms with E-state index in [0.717, 1.165) is 0 Å². The number of benzene rings is 1. The van der Waals surface area contributed by atoms with Crippen LogP contribution in [0.1, 0.15) is 41.8 Å². The number of hydrogen-bond donors (Lipinski definition) is 0. The lowest BCUT2D eigenvalue weighted by molar-refractivity contribution is -0.137. The molecule has 0 saturated carbocycles. The molecule has 3 atom stereocenters. The molecule has 0 bridgehead atoms. The third kappa shape index (κ3) is 4.99. The Hall–Kier alpha value is -3.82. The van der Waals surface area contributed by atoms with E-state index in [4.69, 9.17) is 0 Å². The highest BCUT2D eigenvalue weighted by Crippen LogP contribution is 2.39. The van der Waals surface area contributed by atoms with Gasteiger partial charge in [0.05, 0.1) is 22.9 Å². The van der Waals surface area contributed by atoms with Crippen LogP contribution >= 0.6 is 11.3 Å². The van der Waals surface area contributed by atoms with Crippen LogP contribution in [0.5, 0.6) is 0 Å². The van der Waals surface area contributed by atoms with Crippen molar-refractivity contribution in [3.05, 3.63) is 86.0 Å². The summed E-state index contributed by atoms with van der Waals surface area (Å²) in [6.45, 7) is 4.75. The van der Waals surface area contributed by atoms with Gasteiger partial charge in [-0.3, -0.25) is 9.69 Å². The topological polar surface area (TPSA) is 78.0 Å². The fourth-order valence-corrected chi connectivity index (χ4v) is 5.87. The molecular weight excluding hydrogens is 532 g/mol. The molecule has 0 spiro atoms. The Morgan fingerprint density at radius 1 is 1.08 bits per heavy atom. The van der Waals surface area contributed by atoms with Gasteiger partial charge < -0.3 is 9.47 Å². The van der Waals surface area contributed by atoms with Crippen molar-refractivity contribution in [2.75, 3.05) is 18.0 Å². The number of thiazole rings is 1. The van der Waals surface area contributed by atoms with Gasteiger partial charge in [0.1, 0.15) is 23.1 Å². The van der Waals surface area contributed by atoms with Crippen molar-refractivity contribution in [2.45, 2.75) is 38.1 Å². The highest BCUT2D eigenvalue weighted by molar-refractivity contribution is 7.09. The first kappa shape index (κ1) is 26.8. The van der Waals surface area contributed by atoms with E-state index in [1.165, 1.54) is 28.1 Å². The number of fused-ring (bicyclic) bond motifs is 1. The lowest BCUT2D eigenvalue weighted by Crippen LogP contribution is -2.57. The third-order valence-corrected chi connectivity index (χ3v) is 7.99. The number of nitrogens with zero attached hydrogens (tertiary/aromatic N) is 6. The number of pyridine rings is 2. The quantitative estimate of drug-likeness (QED) is 0.325. The van der Waals surface area contributed by atoms with Gasteiger partial charge >= 0.3 is 6.18 Å². The standard InChI is InChI=1S/C27H24F4N6OS/c1-15-13-37(25(17-4-6-18(28)7-5-17)20-14-39-26(34-20)27(29,30)31)16(2)12-36(15)22-10-23(38)35(3)21-9-8-19(11-32)33-24(21)22/h4-10,14-16,25H,12-13H2,1-3H3/t15-,16+,25?/m0/s1. The Kier molecular flexibility index (Phi) is 6.90. The lowest BCUT2D eigenvalue weighted by atomic mass is 9.97. The molecule has 0 aliphatic carbocycles. The minimum absolute atomic E-state index is 0.187. The fraction of sp³-hybridized carbons (Fsp3) is 0.333. The molecule has 1 saturated heterocycles. The SMILES string of the molecule is C[C@@H]1CN(c2cc(=O)n(C)c3ccc(C#N)nc23)[C@@H](C)CN1C(c1ccc(F)cc1)c1csc(C(F)(F)F)n1. The molecule has 39 heavy (non-hydrogen) atoms. The van der Waals surface area contributed by atoms with Crippen LogP contribution in [0.25, 0.3) is 11.0 Å². The van der Waals surface area contributed by atoms with Gasteiger partial charge in [-0.15, -0.1) is 11.3 Å². The molecule has 0 N–H and O–H groups in total. The van der Waals surface area contributed by atoms with Crippen molar-refractivity contribution in [3.63, 3.8) is 0 Å². The second kappa shape index (κ2) is 10.1. The monoisotopic (exact) mass is 556 g/mol. The van der Waals surface area contributed by atoms with Gasteiger partial charge in [0.25, 0.3) is 5.56 Å². The molecule has 0 amide bonds.